The average Bonchev–Trinajstić information content (AvgIpc) is 3.49. The standard InChI is InChI=1S/C16H18O.C11H16O.C10H14O.C9H12O3.C9H12.C8H10O.C7H7ClO/c1-16(2,13-7-5-4-6-8-13)14-9-11-15(17-3)12-10-14;1-11(2,3)9-5-7-10(12-4)8-6-9;1-8(2)9-6-4-5-7-10(9)11-3;1-10-7-4-8(11-2)6-9(5-7)12-3;1-3-9-6-4-8(2)5-7-9;1-7-3-5-8(9-2)6-4-7;1-9-7-4-2-6(8)3-5-7/h4-12H,1-3H3;5-8H,1-4H3;4-8H,1-3H3;4-6H,1-3H3;4-7H,3H2,1-2H3;3-6H,1-2H3;2-5H,1H3. The number of hydrogen-bond acceptors (Lipinski definition) is 8. The molecule has 0 aliphatic heterocycles. The van der Waals surface area contributed by atoms with Crippen molar-refractivity contribution in [2.75, 3.05) is 56.9 Å². The minimum absolute atomic E-state index is 0.0214. The molecule has 8 rings (SSSR count). The largest absolute Gasteiger partial charge is 0.497 e. The van der Waals surface area contributed by atoms with Gasteiger partial charge in [0.1, 0.15) is 46.0 Å². The number of hydrogen-bond donors (Lipinski definition) is 0. The van der Waals surface area contributed by atoms with E-state index in [4.69, 9.17) is 49.5 Å². The van der Waals surface area contributed by atoms with E-state index in [0.29, 0.717) is 5.92 Å². The zero-order valence-corrected chi connectivity index (χ0v) is 51.2. The Labute approximate surface area is 480 Å². The Morgan fingerprint density at radius 3 is 1.04 bits per heavy atom. The van der Waals surface area contributed by atoms with Crippen LogP contribution >= 0.6 is 11.6 Å². The van der Waals surface area contributed by atoms with Crippen LogP contribution in [0.4, 0.5) is 0 Å². The summed E-state index contributed by atoms with van der Waals surface area (Å²) in [4.78, 5) is 0. The van der Waals surface area contributed by atoms with E-state index in [1.807, 2.05) is 84.9 Å². The number of para-hydroxylation sites is 1. The first-order valence-electron chi connectivity index (χ1n) is 26.4. The molecule has 0 radical (unpaired) electrons. The van der Waals surface area contributed by atoms with Crippen LogP contribution in [0.5, 0.6) is 46.0 Å². The van der Waals surface area contributed by atoms with Crippen molar-refractivity contribution in [3.63, 3.8) is 0 Å². The molecule has 0 atom stereocenters. The first-order valence-corrected chi connectivity index (χ1v) is 26.8. The van der Waals surface area contributed by atoms with E-state index >= 15 is 0 Å². The molecule has 0 aromatic heterocycles. The van der Waals surface area contributed by atoms with Crippen molar-refractivity contribution in [2.45, 2.75) is 92.4 Å². The van der Waals surface area contributed by atoms with Gasteiger partial charge in [0.05, 0.1) is 56.9 Å². The Morgan fingerprint density at radius 1 is 0.367 bits per heavy atom. The Kier molecular flexibility index (Phi) is 31.2. The van der Waals surface area contributed by atoms with Crippen LogP contribution in [-0.4, -0.2) is 56.9 Å². The van der Waals surface area contributed by atoms with Gasteiger partial charge in [0.15, 0.2) is 0 Å². The fourth-order valence-corrected chi connectivity index (χ4v) is 7.36. The maximum Gasteiger partial charge on any atom is 0.126 e. The van der Waals surface area contributed by atoms with Crippen molar-refractivity contribution >= 4 is 11.6 Å². The van der Waals surface area contributed by atoms with Gasteiger partial charge >= 0.3 is 0 Å². The molecule has 9 heteroatoms. The molecular weight excluding hydrogens is 1000 g/mol. The third-order valence-electron chi connectivity index (χ3n) is 12.4. The second-order valence-electron chi connectivity index (χ2n) is 19.9. The summed E-state index contributed by atoms with van der Waals surface area (Å²) >= 11 is 5.61. The number of ether oxygens (including phenoxy) is 8. The monoisotopic (exact) mass is 1090 g/mol. The highest BCUT2D eigenvalue weighted by Gasteiger charge is 2.22. The fourth-order valence-electron chi connectivity index (χ4n) is 7.23. The van der Waals surface area contributed by atoms with Gasteiger partial charge in [0.25, 0.3) is 0 Å². The van der Waals surface area contributed by atoms with Crippen LogP contribution in [0.2, 0.25) is 5.02 Å². The molecule has 79 heavy (non-hydrogen) atoms. The van der Waals surface area contributed by atoms with Gasteiger partial charge < -0.3 is 37.9 Å². The number of aryl methyl sites for hydroxylation is 3. The normalized spacial score (nSPS) is 10.1. The second kappa shape index (κ2) is 36.5. The van der Waals surface area contributed by atoms with Gasteiger partial charge in [-0.05, 0) is 126 Å². The highest BCUT2D eigenvalue weighted by Crippen LogP contribution is 2.32. The Balaban J connectivity index is 0.000000319. The summed E-state index contributed by atoms with van der Waals surface area (Å²) in [5.74, 6) is 7.28. The van der Waals surface area contributed by atoms with E-state index in [9.17, 15) is 0 Å². The first-order chi connectivity index (χ1) is 37.7. The van der Waals surface area contributed by atoms with Gasteiger partial charge in [-0.15, -0.1) is 0 Å². The van der Waals surface area contributed by atoms with Crippen LogP contribution < -0.4 is 37.9 Å². The SMILES string of the molecule is CCc1ccc(C)cc1.COc1cc(OC)cc(OC)c1.COc1ccc(C(C)(C)C)cc1.COc1ccc(C(C)(C)c2ccccc2)cc1.COc1ccc(C)cc1.COc1ccc(Cl)cc1.COc1ccccc1C(C)C. The summed E-state index contributed by atoms with van der Waals surface area (Å²) in [5.41, 5.74) is 9.50. The predicted octanol–water partition coefficient (Wildman–Crippen LogP) is 18.5. The van der Waals surface area contributed by atoms with Crippen molar-refractivity contribution < 1.29 is 37.9 Å². The van der Waals surface area contributed by atoms with Gasteiger partial charge in [-0.2, -0.15) is 0 Å². The lowest BCUT2D eigenvalue weighted by Crippen LogP contribution is -2.18. The van der Waals surface area contributed by atoms with Crippen LogP contribution in [0.3, 0.4) is 0 Å². The van der Waals surface area contributed by atoms with Crippen molar-refractivity contribution in [1.29, 1.82) is 0 Å². The summed E-state index contributed by atoms with van der Waals surface area (Å²) in [6.07, 6.45) is 1.14. The lowest BCUT2D eigenvalue weighted by molar-refractivity contribution is 0.375. The zero-order chi connectivity index (χ0) is 58.8. The van der Waals surface area contributed by atoms with Gasteiger partial charge in [-0.1, -0.05) is 187 Å². The number of methoxy groups -OCH3 is 8. The zero-order valence-electron chi connectivity index (χ0n) is 50.4. The Hall–Kier alpha value is -7.55. The molecule has 8 nitrogen and oxygen atoms in total. The number of benzene rings is 8. The van der Waals surface area contributed by atoms with E-state index < -0.39 is 0 Å². The minimum atomic E-state index is 0.0214. The van der Waals surface area contributed by atoms with Gasteiger partial charge in [0, 0.05) is 28.6 Å². The maximum atomic E-state index is 5.61. The molecule has 424 valence electrons. The smallest absolute Gasteiger partial charge is 0.126 e. The lowest BCUT2D eigenvalue weighted by atomic mass is 9.78. The molecule has 0 fully saturated rings. The molecule has 0 N–H and O–H groups in total. The average molecular weight is 1090 g/mol. The van der Waals surface area contributed by atoms with Gasteiger partial charge in [0.2, 0.25) is 0 Å². The predicted molar refractivity (Wildman–Crippen MR) is 333 cm³/mol. The molecule has 0 saturated heterocycles. The summed E-state index contributed by atoms with van der Waals surface area (Å²) < 4.78 is 40.5. The molecule has 0 bridgehead atoms. The van der Waals surface area contributed by atoms with Crippen LogP contribution in [0.15, 0.2) is 194 Å². The van der Waals surface area contributed by atoms with E-state index in [1.165, 1.54) is 38.9 Å². The Morgan fingerprint density at radius 2 is 0.696 bits per heavy atom. The van der Waals surface area contributed by atoms with Crippen molar-refractivity contribution in [2.24, 2.45) is 0 Å². The highest BCUT2D eigenvalue weighted by molar-refractivity contribution is 6.30. The molecule has 8 aromatic carbocycles. The topological polar surface area (TPSA) is 73.8 Å². The number of rotatable bonds is 12. The molecule has 0 unspecified atom stereocenters. The van der Waals surface area contributed by atoms with Crippen molar-refractivity contribution in [3.8, 4) is 46.0 Å². The van der Waals surface area contributed by atoms with Crippen molar-refractivity contribution in [1.82, 2.24) is 0 Å². The molecule has 0 saturated carbocycles. The molecule has 0 aliphatic rings. The maximum absolute atomic E-state index is 5.61. The molecule has 0 heterocycles. The summed E-state index contributed by atoms with van der Waals surface area (Å²) in [7, 11) is 13.2. The van der Waals surface area contributed by atoms with E-state index in [2.05, 4.69) is 148 Å². The summed E-state index contributed by atoms with van der Waals surface area (Å²) in [5, 5.41) is 0.732. The highest BCUT2D eigenvalue weighted by atomic mass is 35.5. The third-order valence-corrected chi connectivity index (χ3v) is 12.7. The lowest BCUT2D eigenvalue weighted by Gasteiger charge is -2.26. The third kappa shape index (κ3) is 25.6. The van der Waals surface area contributed by atoms with E-state index in [1.54, 1.807) is 87.2 Å². The van der Waals surface area contributed by atoms with Crippen LogP contribution in [-0.2, 0) is 17.3 Å². The van der Waals surface area contributed by atoms with Crippen LogP contribution in [0, 0.1) is 13.8 Å². The van der Waals surface area contributed by atoms with Crippen LogP contribution in [0.25, 0.3) is 0 Å². The van der Waals surface area contributed by atoms with Gasteiger partial charge in [-0.3, -0.25) is 0 Å². The number of halogens is 1. The molecule has 8 aromatic rings. The summed E-state index contributed by atoms with van der Waals surface area (Å²) in [6.45, 7) is 21.8. The fraction of sp³-hybridized carbons (Fsp3) is 0.314. The van der Waals surface area contributed by atoms with Gasteiger partial charge in [-0.25, -0.2) is 0 Å². The molecule has 0 spiro atoms. The molecule has 0 amide bonds. The quantitative estimate of drug-likeness (QED) is 0.120. The van der Waals surface area contributed by atoms with Crippen molar-refractivity contribution in [3.05, 3.63) is 238 Å². The van der Waals surface area contributed by atoms with E-state index in [-0.39, 0.29) is 10.8 Å². The Bertz CT molecular complexity index is 2660. The minimum Gasteiger partial charge on any atom is -0.497 e. The summed E-state index contributed by atoms with van der Waals surface area (Å²) in [6, 6.07) is 64.4. The van der Waals surface area contributed by atoms with E-state index in [0.717, 1.165) is 57.4 Å². The second-order valence-corrected chi connectivity index (χ2v) is 20.3. The molecular formula is C70H89ClO8. The van der Waals surface area contributed by atoms with Crippen LogP contribution in [0.1, 0.15) is 100 Å². The molecule has 0 aliphatic carbocycles. The first kappa shape index (κ1) is 67.6.